The Morgan fingerprint density at radius 1 is 1.21 bits per heavy atom. The Balaban J connectivity index is 1.64. The summed E-state index contributed by atoms with van der Waals surface area (Å²) in [4.78, 5) is 15.1. The molecule has 2 aliphatic heterocycles. The second-order valence-electron chi connectivity index (χ2n) is 8.98. The summed E-state index contributed by atoms with van der Waals surface area (Å²) in [6.07, 6.45) is 0.419. The zero-order valence-electron chi connectivity index (χ0n) is 20.0. The molecule has 0 unspecified atom stereocenters. The maximum atomic E-state index is 15.7. The largest absolute Gasteiger partial charge is 0.491 e. The number of nitrogens with one attached hydrogen (secondary N) is 1. The number of sulfonamides is 1. The summed E-state index contributed by atoms with van der Waals surface area (Å²) in [6, 6.07) is -0.427. The van der Waals surface area contributed by atoms with Crippen molar-refractivity contribution in [3.8, 4) is 16.9 Å². The van der Waals surface area contributed by atoms with Gasteiger partial charge in [0.05, 0.1) is 23.8 Å². The van der Waals surface area contributed by atoms with Crippen LogP contribution in [0.25, 0.3) is 22.1 Å². The number of benzene rings is 2. The normalized spacial score (nSPS) is 21.3. The van der Waals surface area contributed by atoms with Crippen molar-refractivity contribution in [3.05, 3.63) is 41.7 Å². The number of hydrogen-bond donors (Lipinski definition) is 1. The molecule has 2 saturated heterocycles. The summed E-state index contributed by atoms with van der Waals surface area (Å²) >= 11 is 0. The maximum Gasteiger partial charge on any atom is 0.326 e. The molecule has 2 aliphatic rings. The number of aromatic nitrogens is 1. The van der Waals surface area contributed by atoms with Crippen molar-refractivity contribution < 1.29 is 44.4 Å². The molecule has 0 radical (unpaired) electrons. The zero-order valence-corrected chi connectivity index (χ0v) is 20.8. The lowest BCUT2D eigenvalue weighted by atomic mass is 9.98. The molecule has 3 aromatic rings. The van der Waals surface area contributed by atoms with Gasteiger partial charge in [0.1, 0.15) is 23.7 Å². The molecule has 3 heterocycles. The summed E-state index contributed by atoms with van der Waals surface area (Å²) in [5, 5.41) is 3.56. The van der Waals surface area contributed by atoms with Crippen molar-refractivity contribution in [1.29, 1.82) is 0 Å². The fraction of sp³-hybridized carbons (Fsp3) is 0.391. The van der Waals surface area contributed by atoms with Gasteiger partial charge in [-0.25, -0.2) is 39.9 Å². The van der Waals surface area contributed by atoms with E-state index in [1.54, 1.807) is 6.92 Å². The van der Waals surface area contributed by atoms with E-state index >= 15 is 4.39 Å². The van der Waals surface area contributed by atoms with Crippen molar-refractivity contribution in [2.75, 3.05) is 30.9 Å². The Morgan fingerprint density at radius 2 is 1.89 bits per heavy atom. The lowest BCUT2D eigenvalue weighted by Crippen LogP contribution is -2.56. The monoisotopic (exact) mass is 560 g/mol. The number of rotatable bonds is 6. The van der Waals surface area contributed by atoms with Crippen molar-refractivity contribution in [3.63, 3.8) is 0 Å². The van der Waals surface area contributed by atoms with E-state index in [2.05, 4.69) is 5.16 Å². The smallest absolute Gasteiger partial charge is 0.326 e. The van der Waals surface area contributed by atoms with E-state index in [1.807, 2.05) is 4.72 Å². The van der Waals surface area contributed by atoms with Crippen LogP contribution in [0.5, 0.6) is 5.75 Å². The molecule has 38 heavy (non-hydrogen) atoms. The predicted octanol–water partition coefficient (Wildman–Crippen LogP) is 3.88. The predicted molar refractivity (Wildman–Crippen MR) is 125 cm³/mol. The highest BCUT2D eigenvalue weighted by Crippen LogP contribution is 2.45. The number of halogens is 5. The third-order valence-electron chi connectivity index (χ3n) is 6.54. The third-order valence-corrected chi connectivity index (χ3v) is 7.25. The van der Waals surface area contributed by atoms with Gasteiger partial charge in [-0.05, 0) is 25.5 Å². The molecule has 2 fully saturated rings. The summed E-state index contributed by atoms with van der Waals surface area (Å²) in [5.74, 6) is -7.64. The fourth-order valence-corrected chi connectivity index (χ4v) is 5.73. The van der Waals surface area contributed by atoms with E-state index in [9.17, 15) is 30.8 Å². The quantitative estimate of drug-likeness (QED) is 0.459. The van der Waals surface area contributed by atoms with E-state index in [-0.39, 0.29) is 42.1 Å². The van der Waals surface area contributed by atoms with Gasteiger partial charge in [-0.3, -0.25) is 4.90 Å². The highest BCUT2D eigenvalue weighted by molar-refractivity contribution is 7.88. The molecule has 9 nitrogen and oxygen atoms in total. The summed E-state index contributed by atoms with van der Waals surface area (Å²) < 4.78 is 111. The molecular formula is C23H21F5N4O5S. The van der Waals surface area contributed by atoms with Crippen LogP contribution in [-0.4, -0.2) is 68.5 Å². The highest BCUT2D eigenvalue weighted by atomic mass is 32.2. The van der Waals surface area contributed by atoms with Gasteiger partial charge in [0.15, 0.2) is 23.0 Å². The van der Waals surface area contributed by atoms with Crippen LogP contribution in [0.2, 0.25) is 0 Å². The zero-order chi connectivity index (χ0) is 27.6. The van der Waals surface area contributed by atoms with E-state index < -0.39 is 69.2 Å². The molecule has 2 aromatic carbocycles. The summed E-state index contributed by atoms with van der Waals surface area (Å²) in [6.45, 7) is 0.601. The lowest BCUT2D eigenvalue weighted by molar-refractivity contribution is -0.0448. The van der Waals surface area contributed by atoms with E-state index in [0.29, 0.717) is 0 Å². The summed E-state index contributed by atoms with van der Waals surface area (Å²) in [5.41, 5.74) is -1.54. The van der Waals surface area contributed by atoms with Crippen LogP contribution in [0.3, 0.4) is 0 Å². The van der Waals surface area contributed by atoms with Gasteiger partial charge >= 0.3 is 6.03 Å². The first-order valence-electron chi connectivity index (χ1n) is 11.5. The minimum atomic E-state index is -4.02. The average molecular weight is 561 g/mol. The van der Waals surface area contributed by atoms with Crippen LogP contribution in [0, 0.1) is 17.5 Å². The topological polar surface area (TPSA) is 105 Å². The van der Waals surface area contributed by atoms with Gasteiger partial charge in [-0.2, -0.15) is 0 Å². The Labute approximate surface area is 213 Å². The molecule has 2 amide bonds. The van der Waals surface area contributed by atoms with E-state index in [1.165, 1.54) is 0 Å². The number of anilines is 1. The second-order valence-corrected chi connectivity index (χ2v) is 10.8. The van der Waals surface area contributed by atoms with E-state index in [4.69, 9.17) is 9.26 Å². The molecule has 204 valence electrons. The number of amides is 2. The molecule has 1 N–H and O–H groups in total. The second kappa shape index (κ2) is 9.08. The average Bonchev–Trinajstić information content (AvgIpc) is 3.34. The molecule has 0 saturated carbocycles. The molecular weight excluding hydrogens is 539 g/mol. The number of alkyl halides is 2. The molecule has 15 heteroatoms. The third kappa shape index (κ3) is 4.13. The molecule has 2 atom stereocenters. The SMILES string of the molecule is CCOc1cc2onc(N3CC[C@H]4N(C[C@@H](NS(C)(=O)=O)C4(F)F)C3=O)c2c(-c2c(F)cccc2F)c1F. The van der Waals surface area contributed by atoms with Crippen LogP contribution < -0.4 is 14.4 Å². The van der Waals surface area contributed by atoms with Gasteiger partial charge in [0, 0.05) is 24.7 Å². The first-order chi connectivity index (χ1) is 17.8. The summed E-state index contributed by atoms with van der Waals surface area (Å²) in [7, 11) is -4.02. The Hall–Kier alpha value is -3.46. The van der Waals surface area contributed by atoms with Gasteiger partial charge in [-0.15, -0.1) is 0 Å². The van der Waals surface area contributed by atoms with Crippen molar-refractivity contribution in [2.24, 2.45) is 0 Å². The van der Waals surface area contributed by atoms with Crippen LogP contribution in [0.4, 0.5) is 32.6 Å². The standard InChI is InChI=1S/C23H21F5N4O5S/c1-3-36-14-9-13-18(19(20(14)26)17-11(24)5-4-6-12(17)25)21(29-37-13)31-8-7-16-23(27,28)15(30-38(2,34)35)10-32(16)22(31)33/h4-6,9,15-16,30H,3,7-8,10H2,1-2H3/t15-,16-/m1/s1. The van der Waals surface area contributed by atoms with Crippen LogP contribution >= 0.6 is 0 Å². The minimum absolute atomic E-state index is 0.0144. The number of hydrogen-bond acceptors (Lipinski definition) is 6. The molecule has 5 rings (SSSR count). The van der Waals surface area contributed by atoms with Crippen molar-refractivity contribution in [1.82, 2.24) is 14.8 Å². The Kier molecular flexibility index (Phi) is 6.25. The van der Waals surface area contributed by atoms with Gasteiger partial charge in [0.2, 0.25) is 10.0 Å². The molecule has 1 aromatic heterocycles. The number of carbonyl (C=O) groups excluding carboxylic acids is 1. The number of nitrogens with zero attached hydrogens (tertiary/aromatic N) is 3. The van der Waals surface area contributed by atoms with Crippen LogP contribution in [0.15, 0.2) is 28.8 Å². The van der Waals surface area contributed by atoms with Gasteiger partial charge in [-0.1, -0.05) is 11.2 Å². The number of ether oxygens (including phenoxy) is 1. The Morgan fingerprint density at radius 3 is 2.53 bits per heavy atom. The number of carbonyl (C=O) groups is 1. The van der Waals surface area contributed by atoms with Gasteiger partial charge < -0.3 is 14.2 Å². The Bertz CT molecular complexity index is 1530. The number of fused-ring (bicyclic) bond motifs is 2. The first kappa shape index (κ1) is 26.2. The molecule has 0 bridgehead atoms. The van der Waals surface area contributed by atoms with E-state index in [0.717, 1.165) is 40.3 Å². The minimum Gasteiger partial charge on any atom is -0.491 e. The number of urea groups is 1. The van der Waals surface area contributed by atoms with Crippen molar-refractivity contribution in [2.45, 2.75) is 31.4 Å². The first-order valence-corrected chi connectivity index (χ1v) is 13.4. The van der Waals surface area contributed by atoms with Crippen molar-refractivity contribution >= 4 is 32.8 Å². The van der Waals surface area contributed by atoms with Gasteiger partial charge in [0.25, 0.3) is 5.92 Å². The molecule has 0 spiro atoms. The fourth-order valence-electron chi connectivity index (χ4n) is 4.98. The molecule has 0 aliphatic carbocycles. The van der Waals surface area contributed by atoms with Crippen LogP contribution in [0.1, 0.15) is 13.3 Å². The van der Waals surface area contributed by atoms with Crippen LogP contribution in [-0.2, 0) is 10.0 Å². The lowest BCUT2D eigenvalue weighted by Gasteiger charge is -2.37. The highest BCUT2D eigenvalue weighted by Gasteiger charge is 2.60. The maximum absolute atomic E-state index is 15.7.